The third-order valence-corrected chi connectivity index (χ3v) is 2.15. The second-order valence-electron chi connectivity index (χ2n) is 2.49. The van der Waals surface area contributed by atoms with E-state index in [1.54, 1.807) is 0 Å². The average Bonchev–Trinajstić information content (AvgIpc) is 1.95. The van der Waals surface area contributed by atoms with E-state index in [9.17, 15) is 0 Å². The molecule has 0 saturated heterocycles. The number of hydrogen-bond acceptors (Lipinski definition) is 0. The Balaban J connectivity index is 0.000001000. The van der Waals surface area contributed by atoms with Gasteiger partial charge in [-0.3, -0.25) is 0 Å². The Morgan fingerprint density at radius 2 is 1.91 bits per heavy atom. The van der Waals surface area contributed by atoms with Crippen molar-refractivity contribution in [3.63, 3.8) is 0 Å². The number of hydrogen-bond donors (Lipinski definition) is 0. The Morgan fingerprint density at radius 1 is 1.27 bits per heavy atom. The molecule has 0 heterocycles. The molecule has 0 bridgehead atoms. The summed E-state index contributed by atoms with van der Waals surface area (Å²) in [7, 11) is 0. The van der Waals surface area contributed by atoms with Crippen LogP contribution >= 0.6 is 11.6 Å². The third kappa shape index (κ3) is 2.52. The van der Waals surface area contributed by atoms with E-state index in [-0.39, 0.29) is 17.4 Å². The fourth-order valence-electron chi connectivity index (χ4n) is 0.957. The topological polar surface area (TPSA) is 0 Å². The van der Waals surface area contributed by atoms with Crippen molar-refractivity contribution in [1.29, 1.82) is 0 Å². The first-order chi connectivity index (χ1) is 4.75. The van der Waals surface area contributed by atoms with Crippen molar-refractivity contribution in [2.75, 3.05) is 0 Å². The van der Waals surface area contributed by atoms with E-state index in [1.807, 2.05) is 6.07 Å². The van der Waals surface area contributed by atoms with Gasteiger partial charge in [0.25, 0.3) is 0 Å². The summed E-state index contributed by atoms with van der Waals surface area (Å²) in [5, 5.41) is 0. The molecule has 0 fully saturated rings. The summed E-state index contributed by atoms with van der Waals surface area (Å²) in [6.45, 7) is 4.21. The van der Waals surface area contributed by atoms with Crippen LogP contribution in [0.3, 0.4) is 0 Å². The molecule has 11 heavy (non-hydrogen) atoms. The van der Waals surface area contributed by atoms with E-state index in [1.165, 1.54) is 16.7 Å². The third-order valence-electron chi connectivity index (χ3n) is 1.86. The lowest BCUT2D eigenvalue weighted by Crippen LogP contribution is -1.86. The molecular weight excluding hydrogens is 171 g/mol. The van der Waals surface area contributed by atoms with Gasteiger partial charge in [0.2, 0.25) is 0 Å². The molecule has 2 heteroatoms. The van der Waals surface area contributed by atoms with Gasteiger partial charge in [0, 0.05) is 23.2 Å². The molecule has 0 spiro atoms. The van der Waals surface area contributed by atoms with Crippen molar-refractivity contribution >= 4 is 29.0 Å². The first-order valence-corrected chi connectivity index (χ1v) is 3.90. The Morgan fingerprint density at radius 3 is 2.36 bits per heavy atom. The Labute approximate surface area is 83.7 Å². The lowest BCUT2D eigenvalue weighted by molar-refractivity contribution is 1.24. The summed E-state index contributed by atoms with van der Waals surface area (Å²) in [4.78, 5) is 0. The van der Waals surface area contributed by atoms with Gasteiger partial charge in [0.15, 0.2) is 0 Å². The first-order valence-electron chi connectivity index (χ1n) is 3.36. The molecule has 0 saturated carbocycles. The predicted octanol–water partition coefficient (Wildman–Crippen LogP) is 2.66. The van der Waals surface area contributed by atoms with Gasteiger partial charge >= 0.3 is 0 Å². The molecule has 1 rings (SSSR count). The Hall–Kier alpha value is 0.0425. The first kappa shape index (κ1) is 11.0. The fourth-order valence-corrected chi connectivity index (χ4v) is 1.25. The highest BCUT2D eigenvalue weighted by Gasteiger charge is 1.96. The number of alkyl halides is 1. The van der Waals surface area contributed by atoms with E-state index in [0.717, 1.165) is 0 Å². The van der Waals surface area contributed by atoms with E-state index in [0.29, 0.717) is 5.88 Å². The van der Waals surface area contributed by atoms with Crippen LogP contribution in [-0.2, 0) is 5.88 Å². The molecule has 0 atom stereocenters. The number of benzene rings is 1. The molecule has 0 aliphatic rings. The molecule has 3 radical (unpaired) electrons. The van der Waals surface area contributed by atoms with Crippen molar-refractivity contribution < 1.29 is 0 Å². The van der Waals surface area contributed by atoms with E-state index >= 15 is 0 Å². The molecule has 57 valence electrons. The van der Waals surface area contributed by atoms with Crippen LogP contribution in [0.15, 0.2) is 18.2 Å². The van der Waals surface area contributed by atoms with Crippen molar-refractivity contribution in [1.82, 2.24) is 0 Å². The molecule has 0 amide bonds. The van der Waals surface area contributed by atoms with Gasteiger partial charge in [-0.05, 0) is 30.5 Å². The maximum atomic E-state index is 5.70. The predicted molar refractivity (Wildman–Crippen MR) is 51.2 cm³/mol. The molecule has 0 unspecified atom stereocenters. The lowest BCUT2D eigenvalue weighted by Gasteiger charge is -2.03. The maximum Gasteiger partial charge on any atom is 0.0476 e. The van der Waals surface area contributed by atoms with Gasteiger partial charge in [-0.1, -0.05) is 18.2 Å². The van der Waals surface area contributed by atoms with Gasteiger partial charge in [-0.2, -0.15) is 0 Å². The zero-order valence-corrected chi connectivity index (χ0v) is 8.81. The summed E-state index contributed by atoms with van der Waals surface area (Å²) in [5.74, 6) is 0.619. The van der Waals surface area contributed by atoms with Crippen LogP contribution in [0.4, 0.5) is 0 Å². The summed E-state index contributed by atoms with van der Waals surface area (Å²) in [5.41, 5.74) is 3.87. The largest absolute Gasteiger partial charge is 0.122 e. The smallest absolute Gasteiger partial charge is 0.0476 e. The van der Waals surface area contributed by atoms with Crippen LogP contribution in [0.25, 0.3) is 0 Å². The minimum absolute atomic E-state index is 0. The molecule has 0 aromatic heterocycles. The van der Waals surface area contributed by atoms with E-state index in [2.05, 4.69) is 26.0 Å². The molecule has 0 aliphatic carbocycles. The van der Waals surface area contributed by atoms with Gasteiger partial charge in [0.05, 0.1) is 0 Å². The van der Waals surface area contributed by atoms with Crippen LogP contribution in [0.1, 0.15) is 16.7 Å². The van der Waals surface area contributed by atoms with Crippen molar-refractivity contribution in [2.24, 2.45) is 0 Å². The zero-order chi connectivity index (χ0) is 7.56. The summed E-state index contributed by atoms with van der Waals surface area (Å²) in [6.07, 6.45) is 0. The van der Waals surface area contributed by atoms with Gasteiger partial charge in [-0.25, -0.2) is 0 Å². The summed E-state index contributed by atoms with van der Waals surface area (Å²) in [6, 6.07) is 6.21. The van der Waals surface area contributed by atoms with Crippen molar-refractivity contribution in [2.45, 2.75) is 19.7 Å². The normalized spacial score (nSPS) is 9.00. The van der Waals surface area contributed by atoms with E-state index in [4.69, 9.17) is 11.6 Å². The van der Waals surface area contributed by atoms with Crippen LogP contribution < -0.4 is 0 Å². The maximum absolute atomic E-state index is 5.70. The number of aryl methyl sites for hydroxylation is 1. The van der Waals surface area contributed by atoms with Gasteiger partial charge in [0.1, 0.15) is 0 Å². The number of halogens is 1. The monoisotopic (exact) mass is 181 g/mol. The van der Waals surface area contributed by atoms with Crippen LogP contribution in [-0.4, -0.2) is 17.4 Å². The van der Waals surface area contributed by atoms with Crippen LogP contribution in [0.2, 0.25) is 0 Å². The SMILES string of the molecule is Cc1cccc(CCl)c1C.[Al]. The van der Waals surface area contributed by atoms with Gasteiger partial charge in [-0.15, -0.1) is 11.6 Å². The minimum atomic E-state index is 0. The van der Waals surface area contributed by atoms with Crippen LogP contribution in [0, 0.1) is 13.8 Å². The second kappa shape index (κ2) is 4.83. The van der Waals surface area contributed by atoms with Crippen LogP contribution in [0.5, 0.6) is 0 Å². The summed E-state index contributed by atoms with van der Waals surface area (Å²) < 4.78 is 0. The van der Waals surface area contributed by atoms with Gasteiger partial charge < -0.3 is 0 Å². The quantitative estimate of drug-likeness (QED) is 0.462. The fraction of sp³-hybridized carbons (Fsp3) is 0.333. The highest BCUT2D eigenvalue weighted by Crippen LogP contribution is 2.13. The summed E-state index contributed by atoms with van der Waals surface area (Å²) >= 11 is 5.70. The Kier molecular flexibility index (Phi) is 4.85. The average molecular weight is 182 g/mol. The molecule has 1 aromatic rings. The molecule has 0 N–H and O–H groups in total. The highest BCUT2D eigenvalue weighted by molar-refractivity contribution is 6.17. The Bertz CT molecular complexity index is 233. The van der Waals surface area contributed by atoms with Crippen molar-refractivity contribution in [3.8, 4) is 0 Å². The molecular formula is C9H11AlCl. The van der Waals surface area contributed by atoms with E-state index < -0.39 is 0 Å². The zero-order valence-electron chi connectivity index (χ0n) is 6.89. The van der Waals surface area contributed by atoms with Crippen molar-refractivity contribution in [3.05, 3.63) is 34.9 Å². The molecule has 0 aliphatic heterocycles. The molecule has 0 nitrogen and oxygen atoms in total. The lowest BCUT2D eigenvalue weighted by atomic mass is 10.1. The standard InChI is InChI=1S/C9H11Cl.Al/c1-7-4-3-5-9(6-10)8(7)2;/h3-5H,6H2,1-2H3;. The number of rotatable bonds is 1. The second-order valence-corrected chi connectivity index (χ2v) is 2.76. The highest BCUT2D eigenvalue weighted by atomic mass is 35.5. The molecule has 1 aromatic carbocycles. The minimum Gasteiger partial charge on any atom is -0.122 e.